The maximum atomic E-state index is 10.3. The summed E-state index contributed by atoms with van der Waals surface area (Å²) in [5.74, 6) is 0. The van der Waals surface area contributed by atoms with Crippen LogP contribution in [-0.4, -0.2) is 10.1 Å². The van der Waals surface area contributed by atoms with Crippen molar-refractivity contribution in [3.8, 4) is 0 Å². The first-order valence-electron chi connectivity index (χ1n) is 6.12. The monoisotopic (exact) mass is 237 g/mol. The lowest BCUT2D eigenvalue weighted by molar-refractivity contribution is 0.178. The van der Waals surface area contributed by atoms with Crippen molar-refractivity contribution in [2.75, 3.05) is 0 Å². The minimum atomic E-state index is -0.452. The number of hydrogen-bond donors (Lipinski definition) is 2. The Balaban J connectivity index is 1.85. The Morgan fingerprint density at radius 1 is 1.00 bits per heavy atom. The van der Waals surface area contributed by atoms with Crippen molar-refractivity contribution in [1.29, 1.82) is 0 Å². The first-order valence-corrected chi connectivity index (χ1v) is 6.12. The van der Waals surface area contributed by atoms with Gasteiger partial charge in [-0.1, -0.05) is 36.4 Å². The summed E-state index contributed by atoms with van der Waals surface area (Å²) in [5.41, 5.74) is 3.22. The molecule has 18 heavy (non-hydrogen) atoms. The van der Waals surface area contributed by atoms with E-state index in [-0.39, 0.29) is 0 Å². The zero-order valence-corrected chi connectivity index (χ0v) is 10.0. The number of aromatic amines is 1. The van der Waals surface area contributed by atoms with E-state index >= 15 is 0 Å². The van der Waals surface area contributed by atoms with Crippen LogP contribution in [0.3, 0.4) is 0 Å². The summed E-state index contributed by atoms with van der Waals surface area (Å²) in [6.07, 6.45) is 2.11. The van der Waals surface area contributed by atoms with Gasteiger partial charge in [0.2, 0.25) is 0 Å². The van der Waals surface area contributed by atoms with Gasteiger partial charge in [-0.3, -0.25) is 0 Å². The third kappa shape index (κ3) is 2.15. The predicted molar refractivity (Wildman–Crippen MR) is 73.4 cm³/mol. The van der Waals surface area contributed by atoms with Gasteiger partial charge in [0.15, 0.2) is 0 Å². The maximum Gasteiger partial charge on any atom is 0.0830 e. The van der Waals surface area contributed by atoms with Crippen LogP contribution in [-0.2, 0) is 6.42 Å². The van der Waals surface area contributed by atoms with Crippen LogP contribution in [0.2, 0.25) is 0 Å². The molecule has 2 nitrogen and oxygen atoms in total. The van der Waals surface area contributed by atoms with E-state index in [0.29, 0.717) is 6.42 Å². The van der Waals surface area contributed by atoms with Crippen LogP contribution in [0, 0.1) is 0 Å². The first kappa shape index (κ1) is 11.1. The van der Waals surface area contributed by atoms with E-state index in [2.05, 4.69) is 4.98 Å². The highest BCUT2D eigenvalue weighted by Gasteiger charge is 2.09. The van der Waals surface area contributed by atoms with Gasteiger partial charge in [0.1, 0.15) is 0 Å². The van der Waals surface area contributed by atoms with Crippen LogP contribution in [0.4, 0.5) is 0 Å². The predicted octanol–water partition coefficient (Wildman–Crippen LogP) is 3.44. The molecule has 0 aliphatic rings. The van der Waals surface area contributed by atoms with E-state index in [4.69, 9.17) is 0 Å². The average Bonchev–Trinajstić information content (AvgIpc) is 2.87. The highest BCUT2D eigenvalue weighted by atomic mass is 16.3. The van der Waals surface area contributed by atoms with E-state index in [1.54, 1.807) is 0 Å². The van der Waals surface area contributed by atoms with Crippen molar-refractivity contribution in [1.82, 2.24) is 4.98 Å². The Bertz CT molecular complexity index is 642. The second-order valence-electron chi connectivity index (χ2n) is 4.53. The van der Waals surface area contributed by atoms with Gasteiger partial charge < -0.3 is 10.1 Å². The van der Waals surface area contributed by atoms with Crippen LogP contribution in [0.1, 0.15) is 17.2 Å². The Kier molecular flexibility index (Phi) is 2.87. The van der Waals surface area contributed by atoms with Crippen molar-refractivity contribution in [2.24, 2.45) is 0 Å². The molecule has 0 saturated carbocycles. The molecule has 3 rings (SSSR count). The van der Waals surface area contributed by atoms with E-state index < -0.39 is 6.10 Å². The van der Waals surface area contributed by atoms with Gasteiger partial charge in [-0.25, -0.2) is 0 Å². The number of hydrogen-bond acceptors (Lipinski definition) is 1. The Labute approximate surface area is 106 Å². The molecule has 90 valence electrons. The number of nitrogens with one attached hydrogen (secondary N) is 1. The molecule has 0 spiro atoms. The molecule has 0 amide bonds. The fourth-order valence-electron chi connectivity index (χ4n) is 2.23. The van der Waals surface area contributed by atoms with E-state index in [0.717, 1.165) is 22.0 Å². The van der Waals surface area contributed by atoms with Crippen molar-refractivity contribution in [3.05, 3.63) is 71.9 Å². The number of benzene rings is 2. The number of aliphatic hydroxyl groups excluding tert-OH is 1. The van der Waals surface area contributed by atoms with Crippen LogP contribution < -0.4 is 0 Å². The number of aromatic nitrogens is 1. The van der Waals surface area contributed by atoms with E-state index in [9.17, 15) is 5.11 Å². The van der Waals surface area contributed by atoms with Gasteiger partial charge in [0.25, 0.3) is 0 Å². The highest BCUT2D eigenvalue weighted by Crippen LogP contribution is 2.22. The number of rotatable bonds is 3. The van der Waals surface area contributed by atoms with Crippen LogP contribution in [0.15, 0.2) is 60.8 Å². The van der Waals surface area contributed by atoms with Gasteiger partial charge in [-0.2, -0.15) is 0 Å². The van der Waals surface area contributed by atoms with Crippen LogP contribution in [0.25, 0.3) is 10.9 Å². The fourth-order valence-corrected chi connectivity index (χ4v) is 2.23. The van der Waals surface area contributed by atoms with Crippen molar-refractivity contribution >= 4 is 10.9 Å². The molecule has 0 aliphatic carbocycles. The molecule has 2 N–H and O–H groups in total. The summed E-state index contributed by atoms with van der Waals surface area (Å²) >= 11 is 0. The Morgan fingerprint density at radius 3 is 2.67 bits per heavy atom. The number of aliphatic hydroxyl groups is 1. The van der Waals surface area contributed by atoms with Crippen LogP contribution in [0.5, 0.6) is 0 Å². The highest BCUT2D eigenvalue weighted by molar-refractivity contribution is 5.80. The lowest BCUT2D eigenvalue weighted by Gasteiger charge is -2.11. The van der Waals surface area contributed by atoms with Crippen molar-refractivity contribution in [2.45, 2.75) is 12.5 Å². The van der Waals surface area contributed by atoms with Gasteiger partial charge in [-0.15, -0.1) is 0 Å². The normalized spacial score (nSPS) is 12.7. The Morgan fingerprint density at radius 2 is 1.83 bits per heavy atom. The molecule has 0 saturated heterocycles. The molecular formula is C16H15NO. The van der Waals surface area contributed by atoms with Gasteiger partial charge in [0, 0.05) is 18.1 Å². The number of H-pyrrole nitrogens is 1. The largest absolute Gasteiger partial charge is 0.388 e. The van der Waals surface area contributed by atoms with Gasteiger partial charge in [-0.05, 0) is 34.7 Å². The van der Waals surface area contributed by atoms with Gasteiger partial charge >= 0.3 is 0 Å². The topological polar surface area (TPSA) is 36.0 Å². The van der Waals surface area contributed by atoms with Crippen LogP contribution >= 0.6 is 0 Å². The average molecular weight is 237 g/mol. The third-order valence-electron chi connectivity index (χ3n) is 3.23. The molecule has 2 aromatic carbocycles. The second-order valence-corrected chi connectivity index (χ2v) is 4.53. The van der Waals surface area contributed by atoms with E-state index in [1.807, 2.05) is 60.8 Å². The molecule has 2 heteroatoms. The summed E-state index contributed by atoms with van der Waals surface area (Å²) in [6, 6.07) is 18.1. The molecule has 0 radical (unpaired) electrons. The lowest BCUT2D eigenvalue weighted by atomic mass is 10.0. The molecule has 3 aromatic rings. The smallest absolute Gasteiger partial charge is 0.0830 e. The molecule has 1 aromatic heterocycles. The molecule has 1 unspecified atom stereocenters. The first-order chi connectivity index (χ1) is 8.83. The maximum absolute atomic E-state index is 10.3. The van der Waals surface area contributed by atoms with Gasteiger partial charge in [0.05, 0.1) is 6.10 Å². The standard InChI is InChI=1S/C16H15NO/c18-16(10-12-4-2-1-3-5-12)14-6-7-15-13(11-14)8-9-17-15/h1-9,11,16-18H,10H2. The van der Waals surface area contributed by atoms with Crippen molar-refractivity contribution < 1.29 is 5.11 Å². The van der Waals surface area contributed by atoms with E-state index in [1.165, 1.54) is 0 Å². The molecule has 0 bridgehead atoms. The summed E-state index contributed by atoms with van der Waals surface area (Å²) in [6.45, 7) is 0. The third-order valence-corrected chi connectivity index (χ3v) is 3.23. The summed E-state index contributed by atoms with van der Waals surface area (Å²) in [4.78, 5) is 3.15. The second kappa shape index (κ2) is 4.67. The fraction of sp³-hybridized carbons (Fsp3) is 0.125. The van der Waals surface area contributed by atoms with Crippen molar-refractivity contribution in [3.63, 3.8) is 0 Å². The zero-order valence-electron chi connectivity index (χ0n) is 10.0. The minimum Gasteiger partial charge on any atom is -0.388 e. The molecule has 0 fully saturated rings. The quantitative estimate of drug-likeness (QED) is 0.719. The number of fused-ring (bicyclic) bond motifs is 1. The lowest BCUT2D eigenvalue weighted by Crippen LogP contribution is -2.01. The summed E-state index contributed by atoms with van der Waals surface area (Å²) in [5, 5.41) is 11.4. The molecular weight excluding hydrogens is 222 g/mol. The zero-order chi connectivity index (χ0) is 12.4. The molecule has 1 atom stereocenters. The summed E-state index contributed by atoms with van der Waals surface area (Å²) in [7, 11) is 0. The molecule has 0 aliphatic heterocycles. The SMILES string of the molecule is OC(Cc1ccccc1)c1ccc2[nH]ccc2c1. The summed E-state index contributed by atoms with van der Waals surface area (Å²) < 4.78 is 0. The minimum absolute atomic E-state index is 0.452. The Hall–Kier alpha value is -2.06. The molecule has 1 heterocycles.